The summed E-state index contributed by atoms with van der Waals surface area (Å²) >= 11 is 0. The molecular weight excluding hydrogens is 358 g/mol. The molecule has 0 aromatic carbocycles. The summed E-state index contributed by atoms with van der Waals surface area (Å²) < 4.78 is 10.7. The largest absolute Gasteiger partial charge is 0.383 e. The molecule has 0 N–H and O–H groups in total. The molecule has 0 rings (SSSR count). The number of rotatable bonds is 12. The van der Waals surface area contributed by atoms with E-state index in [1.54, 1.807) is 19.8 Å². The summed E-state index contributed by atoms with van der Waals surface area (Å²) in [5.74, 6) is 0. The molecular formula is C19H45NO2Si3. The lowest BCUT2D eigenvalue weighted by atomic mass is 10.3. The van der Waals surface area contributed by atoms with Crippen LogP contribution in [0.3, 0.4) is 0 Å². The summed E-state index contributed by atoms with van der Waals surface area (Å²) in [6.07, 6.45) is 0. The van der Waals surface area contributed by atoms with Crippen LogP contribution in [0.2, 0.25) is 64.1 Å². The molecule has 0 bridgehead atoms. The van der Waals surface area contributed by atoms with Crippen LogP contribution in [-0.2, 0) is 9.47 Å². The van der Waals surface area contributed by atoms with Gasteiger partial charge < -0.3 is 9.47 Å². The Morgan fingerprint density at radius 1 is 0.800 bits per heavy atom. The molecule has 25 heavy (non-hydrogen) atoms. The Labute approximate surface area is 161 Å². The van der Waals surface area contributed by atoms with Crippen molar-refractivity contribution in [3.63, 3.8) is 0 Å². The van der Waals surface area contributed by atoms with Crippen LogP contribution in [0.4, 0.5) is 0 Å². The van der Waals surface area contributed by atoms with Gasteiger partial charge in [-0.3, -0.25) is 4.90 Å². The fraction of sp³-hybridized carbons (Fsp3) is 0.895. The highest BCUT2D eigenvalue weighted by Gasteiger charge is 2.40. The molecule has 0 unspecified atom stereocenters. The Kier molecular flexibility index (Phi) is 10.7. The number of ether oxygens (including phenoxy) is 2. The zero-order chi connectivity index (χ0) is 19.9. The summed E-state index contributed by atoms with van der Waals surface area (Å²) in [7, 11) is -0.268. The third kappa shape index (κ3) is 10.9. The van der Waals surface area contributed by atoms with Crippen molar-refractivity contribution in [1.29, 1.82) is 0 Å². The standard InChI is InChI=1S/C19H45NO2Si3/c1-21-14-12-20(13-15-22-2)16-18(17-23(3,4)5)19(24(6,7)8)25(9,10)11/h17,19H,12-16H2,1-11H3. The summed E-state index contributed by atoms with van der Waals surface area (Å²) in [5.41, 5.74) is 4.44. The molecule has 0 radical (unpaired) electrons. The second-order valence-corrected chi connectivity index (χ2v) is 26.7. The van der Waals surface area contributed by atoms with Gasteiger partial charge in [0.25, 0.3) is 0 Å². The average Bonchev–Trinajstić information content (AvgIpc) is 2.36. The lowest BCUT2D eigenvalue weighted by Crippen LogP contribution is -2.48. The smallest absolute Gasteiger partial charge is 0.0686 e. The molecule has 0 spiro atoms. The van der Waals surface area contributed by atoms with E-state index in [4.69, 9.17) is 9.47 Å². The molecule has 3 nitrogen and oxygen atoms in total. The SMILES string of the molecule is COCCN(CCOC)CC(=C[Si](C)(C)C)C([Si](C)(C)C)[Si](C)(C)C. The zero-order valence-corrected chi connectivity index (χ0v) is 22.0. The molecule has 0 amide bonds. The minimum absolute atomic E-state index is 0.786. The van der Waals surface area contributed by atoms with E-state index >= 15 is 0 Å². The van der Waals surface area contributed by atoms with Crippen LogP contribution in [0.5, 0.6) is 0 Å². The summed E-state index contributed by atoms with van der Waals surface area (Å²) in [5, 5.41) is 0.819. The summed E-state index contributed by atoms with van der Waals surface area (Å²) in [4.78, 5) is 2.53. The number of hydrogen-bond acceptors (Lipinski definition) is 3. The summed E-state index contributed by atoms with van der Waals surface area (Å²) in [6, 6.07) is 0. The van der Waals surface area contributed by atoms with Gasteiger partial charge in [0.15, 0.2) is 0 Å². The van der Waals surface area contributed by atoms with E-state index < -0.39 is 24.2 Å². The van der Waals surface area contributed by atoms with Crippen LogP contribution in [0.25, 0.3) is 0 Å². The van der Waals surface area contributed by atoms with E-state index in [0.717, 1.165) is 38.0 Å². The van der Waals surface area contributed by atoms with E-state index in [2.05, 4.69) is 69.5 Å². The maximum atomic E-state index is 5.35. The Hall–Kier alpha value is 0.271. The van der Waals surface area contributed by atoms with Gasteiger partial charge in [0, 0.05) is 50.0 Å². The van der Waals surface area contributed by atoms with Gasteiger partial charge in [0.1, 0.15) is 0 Å². The second kappa shape index (κ2) is 10.6. The third-order valence-electron chi connectivity index (χ3n) is 4.35. The van der Waals surface area contributed by atoms with Crippen LogP contribution >= 0.6 is 0 Å². The highest BCUT2D eigenvalue weighted by atomic mass is 28.4. The molecule has 0 saturated carbocycles. The molecule has 150 valence electrons. The number of methoxy groups -OCH3 is 2. The van der Waals surface area contributed by atoms with Gasteiger partial charge in [-0.05, 0) is 5.16 Å². The lowest BCUT2D eigenvalue weighted by molar-refractivity contribution is 0.119. The van der Waals surface area contributed by atoms with Crippen molar-refractivity contribution < 1.29 is 9.47 Å². The molecule has 0 aromatic rings. The fourth-order valence-electron chi connectivity index (χ4n) is 4.16. The molecule has 0 saturated heterocycles. The summed E-state index contributed by atoms with van der Waals surface area (Å²) in [6.45, 7) is 27.4. The Bertz CT molecular complexity index is 384. The minimum Gasteiger partial charge on any atom is -0.383 e. The first kappa shape index (κ1) is 25.3. The normalized spacial score (nSPS) is 14.7. The molecule has 0 aliphatic rings. The Morgan fingerprint density at radius 3 is 1.48 bits per heavy atom. The Balaban J connectivity index is 5.77. The minimum atomic E-state index is -1.29. The highest BCUT2D eigenvalue weighted by Crippen LogP contribution is 2.39. The van der Waals surface area contributed by atoms with Gasteiger partial charge in [-0.2, -0.15) is 0 Å². The van der Waals surface area contributed by atoms with Gasteiger partial charge in [0.05, 0.1) is 21.3 Å². The van der Waals surface area contributed by atoms with Gasteiger partial charge in [-0.15, -0.1) is 0 Å². The van der Waals surface area contributed by atoms with Crippen LogP contribution in [0, 0.1) is 0 Å². The van der Waals surface area contributed by atoms with E-state index in [1.165, 1.54) is 0 Å². The molecule has 0 heterocycles. The van der Waals surface area contributed by atoms with Crippen molar-refractivity contribution in [3.8, 4) is 0 Å². The molecule has 0 aromatic heterocycles. The number of hydrogen-bond donors (Lipinski definition) is 0. The van der Waals surface area contributed by atoms with Crippen molar-refractivity contribution in [2.24, 2.45) is 0 Å². The van der Waals surface area contributed by atoms with E-state index in [9.17, 15) is 0 Å². The second-order valence-electron chi connectivity index (χ2n) is 10.5. The topological polar surface area (TPSA) is 21.7 Å². The van der Waals surface area contributed by atoms with Crippen molar-refractivity contribution in [2.75, 3.05) is 47.1 Å². The first-order chi connectivity index (χ1) is 11.2. The molecule has 0 aliphatic carbocycles. The first-order valence-electron chi connectivity index (χ1n) is 9.64. The van der Waals surface area contributed by atoms with Crippen molar-refractivity contribution in [1.82, 2.24) is 4.90 Å². The molecule has 0 atom stereocenters. The third-order valence-corrected chi connectivity index (χ3v) is 15.0. The van der Waals surface area contributed by atoms with Gasteiger partial charge in [-0.25, -0.2) is 0 Å². The predicted octanol–water partition coefficient (Wildman–Crippen LogP) is 4.97. The maximum Gasteiger partial charge on any atom is 0.0686 e. The highest BCUT2D eigenvalue weighted by molar-refractivity contribution is 6.97. The number of nitrogens with zero attached hydrogens (tertiary/aromatic N) is 1. The maximum absolute atomic E-state index is 5.35. The van der Waals surface area contributed by atoms with Gasteiger partial charge >= 0.3 is 0 Å². The van der Waals surface area contributed by atoms with Crippen LogP contribution in [-0.4, -0.2) is 76.2 Å². The first-order valence-corrected chi connectivity index (χ1v) is 20.4. The lowest BCUT2D eigenvalue weighted by Gasteiger charge is -2.42. The van der Waals surface area contributed by atoms with Crippen molar-refractivity contribution in [2.45, 2.75) is 64.1 Å². The fourth-order valence-corrected chi connectivity index (χ4v) is 18.8. The molecule has 0 fully saturated rings. The quantitative estimate of drug-likeness (QED) is 0.429. The van der Waals surface area contributed by atoms with Crippen molar-refractivity contribution >= 4 is 24.2 Å². The van der Waals surface area contributed by atoms with E-state index in [0.29, 0.717) is 0 Å². The monoisotopic (exact) mass is 403 g/mol. The molecule has 0 aliphatic heterocycles. The van der Waals surface area contributed by atoms with Gasteiger partial charge in [-0.1, -0.05) is 70.2 Å². The molecule has 6 heteroatoms. The van der Waals surface area contributed by atoms with Crippen LogP contribution in [0.15, 0.2) is 11.3 Å². The van der Waals surface area contributed by atoms with E-state index in [1.807, 2.05) is 0 Å². The van der Waals surface area contributed by atoms with Crippen molar-refractivity contribution in [3.05, 3.63) is 11.3 Å². The predicted molar refractivity (Wildman–Crippen MR) is 122 cm³/mol. The average molecular weight is 404 g/mol. The Morgan fingerprint density at radius 2 is 1.20 bits per heavy atom. The van der Waals surface area contributed by atoms with E-state index in [-0.39, 0.29) is 0 Å². The van der Waals surface area contributed by atoms with Gasteiger partial charge in [0.2, 0.25) is 0 Å². The van der Waals surface area contributed by atoms with Crippen LogP contribution in [0.1, 0.15) is 0 Å². The van der Waals surface area contributed by atoms with Crippen LogP contribution < -0.4 is 0 Å². The zero-order valence-electron chi connectivity index (χ0n) is 19.0.